The summed E-state index contributed by atoms with van der Waals surface area (Å²) in [5.74, 6) is -0.510. The van der Waals surface area contributed by atoms with Crippen LogP contribution in [0.15, 0.2) is 30.8 Å². The fourth-order valence-corrected chi connectivity index (χ4v) is 1.55. The molecular weight excluding hydrogens is 286 g/mol. The van der Waals surface area contributed by atoms with Crippen LogP contribution >= 0.6 is 0 Å². The fourth-order valence-electron chi connectivity index (χ4n) is 1.55. The lowest BCUT2D eigenvalue weighted by atomic mass is 10.1. The van der Waals surface area contributed by atoms with Crippen LogP contribution < -0.4 is 14.7 Å². The van der Waals surface area contributed by atoms with Crippen LogP contribution in [0, 0.1) is 12.3 Å². The molecule has 0 amide bonds. The number of rotatable bonds is 5. The van der Waals surface area contributed by atoms with Crippen molar-refractivity contribution < 1.29 is 29.4 Å². The van der Waals surface area contributed by atoms with Gasteiger partial charge in [0.1, 0.15) is 18.8 Å². The number of carbonyl (C=O) groups is 2. The summed E-state index contributed by atoms with van der Waals surface area (Å²) in [6.07, 6.45) is 5.27. The molecule has 0 saturated heterocycles. The molecule has 1 aromatic rings. The molecule has 0 fully saturated rings. The van der Waals surface area contributed by atoms with Gasteiger partial charge in [-0.25, -0.2) is 4.79 Å². The fraction of sp³-hybridized carbons (Fsp3) is 0.250. The van der Waals surface area contributed by atoms with Gasteiger partial charge in [-0.3, -0.25) is 0 Å². The van der Waals surface area contributed by atoms with Gasteiger partial charge in [0.25, 0.3) is 0 Å². The zero-order chi connectivity index (χ0) is 17.1. The second kappa shape index (κ2) is 10.0. The van der Waals surface area contributed by atoms with Crippen LogP contribution in [0.2, 0.25) is 0 Å². The molecule has 1 rings (SSSR count). The summed E-state index contributed by atoms with van der Waals surface area (Å²) in [4.78, 5) is 19.3. The maximum absolute atomic E-state index is 9.04. The zero-order valence-electron chi connectivity index (χ0n) is 12.6. The van der Waals surface area contributed by atoms with E-state index < -0.39 is 11.9 Å². The van der Waals surface area contributed by atoms with Crippen molar-refractivity contribution in [1.29, 1.82) is 0 Å². The first kappa shape index (κ1) is 19.2. The third kappa shape index (κ3) is 7.72. The average molecular weight is 305 g/mol. The average Bonchev–Trinajstić information content (AvgIpc) is 2.48. The molecule has 22 heavy (non-hydrogen) atoms. The summed E-state index contributed by atoms with van der Waals surface area (Å²) < 4.78 is 5.18. The molecule has 0 aromatic heterocycles. The van der Waals surface area contributed by atoms with Crippen molar-refractivity contribution >= 4 is 17.5 Å². The minimum absolute atomic E-state index is 0.711. The van der Waals surface area contributed by atoms with Gasteiger partial charge in [-0.05, 0) is 23.6 Å². The topological polar surface area (TPSA) is 91.1 Å². The van der Waals surface area contributed by atoms with Crippen molar-refractivity contribution in [3.05, 3.63) is 36.4 Å². The van der Waals surface area contributed by atoms with Gasteiger partial charge in [0.05, 0.1) is 14.2 Å². The van der Waals surface area contributed by atoms with E-state index in [-0.39, 0.29) is 0 Å². The minimum Gasteiger partial charge on any atom is -0.539 e. The van der Waals surface area contributed by atoms with Crippen molar-refractivity contribution in [3.63, 3.8) is 0 Å². The Morgan fingerprint density at radius 3 is 2.55 bits per heavy atom. The zero-order valence-corrected chi connectivity index (χ0v) is 12.6. The van der Waals surface area contributed by atoms with Crippen LogP contribution in [0.1, 0.15) is 5.56 Å². The summed E-state index contributed by atoms with van der Waals surface area (Å²) >= 11 is 0. The number of ether oxygens (including phenoxy) is 1. The van der Waals surface area contributed by atoms with Crippen LogP contribution in [-0.4, -0.2) is 44.3 Å². The molecule has 0 bridgehead atoms. The monoisotopic (exact) mass is 305 g/mol. The quantitative estimate of drug-likeness (QED) is 0.520. The maximum Gasteiger partial charge on any atom is 0.351 e. The van der Waals surface area contributed by atoms with E-state index in [1.165, 1.54) is 4.90 Å². The number of carboxylic acids is 2. The van der Waals surface area contributed by atoms with E-state index in [9.17, 15) is 0 Å². The molecular formula is C16H19NO5. The highest BCUT2D eigenvalue weighted by Gasteiger charge is 2.06. The molecule has 6 heteroatoms. The highest BCUT2D eigenvalue weighted by atomic mass is 16.5. The molecule has 118 valence electrons. The molecule has 6 nitrogen and oxygen atoms in total. The van der Waals surface area contributed by atoms with Crippen LogP contribution in [0.25, 0.3) is 5.57 Å². The first-order chi connectivity index (χ1) is 10.3. The number of likely N-dealkylation sites (N-methyl/N-ethyl adjacent to an activating group) is 1. The Balaban J connectivity index is 0.000000626. The standard InChI is InChI=1S/C14H17NO.C2H2O4/c1-5-9-15(3)11-12(2)13-7-6-8-14(10-13)16-4;3-1(4)2(5)6/h1,6-8,10H,2,9,11H2,3-4H3;(H,3,4)(H,5,6). The number of hydrogen-bond acceptors (Lipinski definition) is 4. The predicted molar refractivity (Wildman–Crippen MR) is 80.1 cm³/mol. The lowest BCUT2D eigenvalue weighted by Gasteiger charge is -2.13. The lowest BCUT2D eigenvalue weighted by Crippen LogP contribution is -3.08. The van der Waals surface area contributed by atoms with Crippen LogP contribution in [0.4, 0.5) is 0 Å². The summed E-state index contributed by atoms with van der Waals surface area (Å²) in [6, 6.07) is 7.92. The Hall–Kier alpha value is -2.78. The van der Waals surface area contributed by atoms with Crippen molar-refractivity contribution in [2.45, 2.75) is 0 Å². The van der Waals surface area contributed by atoms with Gasteiger partial charge in [0.2, 0.25) is 0 Å². The second-order valence-corrected chi connectivity index (χ2v) is 4.44. The first-order valence-corrected chi connectivity index (χ1v) is 6.33. The Morgan fingerprint density at radius 1 is 1.50 bits per heavy atom. The summed E-state index contributed by atoms with van der Waals surface area (Å²) in [7, 11) is 3.73. The molecule has 0 aliphatic rings. The lowest BCUT2D eigenvalue weighted by molar-refractivity contribution is -0.863. The van der Waals surface area contributed by atoms with E-state index >= 15 is 0 Å². The van der Waals surface area contributed by atoms with Crippen LogP contribution in [0.3, 0.4) is 0 Å². The molecule has 1 aromatic carbocycles. The molecule has 1 atom stereocenters. The molecule has 0 spiro atoms. The molecule has 0 heterocycles. The van der Waals surface area contributed by atoms with Gasteiger partial charge < -0.3 is 24.6 Å². The summed E-state index contributed by atoms with van der Waals surface area (Å²) in [5.41, 5.74) is 2.18. The Bertz CT molecular complexity index is 562. The Kier molecular flexibility index (Phi) is 8.75. The van der Waals surface area contributed by atoms with Gasteiger partial charge in [-0.1, -0.05) is 18.7 Å². The van der Waals surface area contributed by atoms with Crippen molar-refractivity contribution in [1.82, 2.24) is 0 Å². The van der Waals surface area contributed by atoms with Crippen LogP contribution in [0.5, 0.6) is 5.75 Å². The van der Waals surface area contributed by atoms with Crippen molar-refractivity contribution in [2.24, 2.45) is 0 Å². The smallest absolute Gasteiger partial charge is 0.351 e. The molecule has 0 radical (unpaired) electrons. The van der Waals surface area contributed by atoms with E-state index in [0.29, 0.717) is 6.54 Å². The Labute approximate surface area is 129 Å². The number of carboxylic acid groups (broad SMARTS) is 2. The number of benzene rings is 1. The summed E-state index contributed by atoms with van der Waals surface area (Å²) in [6.45, 7) is 5.63. The number of quaternary nitrogens is 1. The van der Waals surface area contributed by atoms with Gasteiger partial charge >= 0.3 is 5.97 Å². The molecule has 1 unspecified atom stereocenters. The highest BCUT2D eigenvalue weighted by molar-refractivity contribution is 6.26. The van der Waals surface area contributed by atoms with Crippen molar-refractivity contribution in [3.8, 4) is 18.1 Å². The minimum atomic E-state index is -2.07. The molecule has 0 saturated carbocycles. The SMILES string of the molecule is C#CC[NH+](C)CC(=C)c1cccc(OC)c1.O=C([O-])C(=O)O. The number of aliphatic carboxylic acids is 2. The van der Waals surface area contributed by atoms with Gasteiger partial charge in [-0.15, -0.1) is 6.42 Å². The molecule has 0 aliphatic carbocycles. The van der Waals surface area contributed by atoms with E-state index in [2.05, 4.69) is 19.5 Å². The predicted octanol–water partition coefficient (Wildman–Crippen LogP) is -1.32. The van der Waals surface area contributed by atoms with Gasteiger partial charge in [0, 0.05) is 5.57 Å². The summed E-state index contributed by atoms with van der Waals surface area (Å²) in [5, 5.41) is 16.3. The number of hydrogen-bond donors (Lipinski definition) is 2. The Morgan fingerprint density at radius 2 is 2.09 bits per heavy atom. The normalized spacial score (nSPS) is 10.4. The third-order valence-corrected chi connectivity index (χ3v) is 2.57. The molecule has 2 N–H and O–H groups in total. The van der Waals surface area contributed by atoms with Crippen molar-refractivity contribution in [2.75, 3.05) is 27.2 Å². The number of carbonyl (C=O) groups excluding carboxylic acids is 1. The highest BCUT2D eigenvalue weighted by Crippen LogP contribution is 2.17. The van der Waals surface area contributed by atoms with E-state index in [1.54, 1.807) is 7.11 Å². The van der Waals surface area contributed by atoms with E-state index in [4.69, 9.17) is 31.0 Å². The molecule has 0 aliphatic heterocycles. The van der Waals surface area contributed by atoms with Gasteiger partial charge in [-0.2, -0.15) is 0 Å². The number of methoxy groups -OCH3 is 1. The first-order valence-electron chi connectivity index (χ1n) is 6.33. The van der Waals surface area contributed by atoms with E-state index in [1.807, 2.05) is 24.3 Å². The largest absolute Gasteiger partial charge is 0.539 e. The maximum atomic E-state index is 9.04. The number of nitrogens with one attached hydrogen (secondary N) is 1. The number of terminal acetylenes is 1. The van der Waals surface area contributed by atoms with Gasteiger partial charge in [0.15, 0.2) is 5.97 Å². The van der Waals surface area contributed by atoms with E-state index in [0.717, 1.165) is 23.4 Å². The van der Waals surface area contributed by atoms with Crippen LogP contribution in [-0.2, 0) is 9.59 Å². The third-order valence-electron chi connectivity index (χ3n) is 2.57. The second-order valence-electron chi connectivity index (χ2n) is 4.44.